The number of hydrogen-bond donors (Lipinski definition) is 2. The summed E-state index contributed by atoms with van der Waals surface area (Å²) in [5.74, 6) is -0.348. The lowest BCUT2D eigenvalue weighted by Gasteiger charge is -2.38. The van der Waals surface area contributed by atoms with E-state index in [0.717, 1.165) is 36.4 Å². The molecule has 0 aliphatic carbocycles. The third-order valence-electron chi connectivity index (χ3n) is 5.45. The van der Waals surface area contributed by atoms with E-state index >= 15 is 0 Å². The van der Waals surface area contributed by atoms with E-state index < -0.39 is 0 Å². The van der Waals surface area contributed by atoms with E-state index in [1.165, 1.54) is 12.1 Å². The van der Waals surface area contributed by atoms with Crippen molar-refractivity contribution in [2.45, 2.75) is 19.4 Å². The molecule has 1 unspecified atom stereocenters. The predicted octanol–water partition coefficient (Wildman–Crippen LogP) is 2.67. The number of rotatable bonds is 4. The summed E-state index contributed by atoms with van der Waals surface area (Å²) in [6.45, 7) is 5.08. The van der Waals surface area contributed by atoms with Crippen LogP contribution in [0.4, 0.5) is 10.1 Å². The maximum Gasteiger partial charge on any atom is 0.270 e. The van der Waals surface area contributed by atoms with Crippen LogP contribution >= 0.6 is 0 Å². The molecule has 1 aromatic carbocycles. The summed E-state index contributed by atoms with van der Waals surface area (Å²) >= 11 is 0. The minimum Gasteiger partial charge on any atom is -0.397 e. The van der Waals surface area contributed by atoms with E-state index in [2.05, 4.69) is 21.8 Å². The average molecular weight is 381 g/mol. The maximum atomic E-state index is 13.4. The fraction of sp³-hybridized carbons (Fsp3) is 0.333. The minimum atomic E-state index is -0.304. The van der Waals surface area contributed by atoms with Crippen molar-refractivity contribution in [3.8, 4) is 0 Å². The van der Waals surface area contributed by atoms with E-state index in [4.69, 9.17) is 5.73 Å². The summed E-state index contributed by atoms with van der Waals surface area (Å²) in [5, 5.41) is 0.712. The van der Waals surface area contributed by atoms with Gasteiger partial charge in [0.25, 0.3) is 5.91 Å². The molecule has 4 rings (SSSR count). The van der Waals surface area contributed by atoms with E-state index in [1.807, 2.05) is 17.0 Å². The fourth-order valence-corrected chi connectivity index (χ4v) is 3.78. The molecule has 3 heterocycles. The monoisotopic (exact) mass is 381 g/mol. The molecule has 0 spiro atoms. The molecular weight excluding hydrogens is 357 g/mol. The predicted molar refractivity (Wildman–Crippen MR) is 108 cm³/mol. The average Bonchev–Trinajstić information content (AvgIpc) is 3.12. The standard InChI is InChI=1S/C21H24FN5O/c1-14(11-19-17(23)3-2-6-24-19)26-7-9-27(10-8-26)21(28)20-13-15-12-16(22)4-5-18(15)25-20/h2-6,12-14,25H,7-11,23H2,1H3. The molecule has 6 nitrogen and oxygen atoms in total. The molecule has 0 radical (unpaired) electrons. The number of hydrogen-bond acceptors (Lipinski definition) is 4. The number of aromatic nitrogens is 2. The van der Waals surface area contributed by atoms with E-state index in [9.17, 15) is 9.18 Å². The normalized spacial score (nSPS) is 16.4. The Morgan fingerprint density at radius 3 is 2.79 bits per heavy atom. The van der Waals surface area contributed by atoms with Gasteiger partial charge in [-0.1, -0.05) is 0 Å². The van der Waals surface area contributed by atoms with Crippen molar-refractivity contribution < 1.29 is 9.18 Å². The maximum absolute atomic E-state index is 13.4. The minimum absolute atomic E-state index is 0.0436. The van der Waals surface area contributed by atoms with Crippen molar-refractivity contribution in [3.05, 3.63) is 59.8 Å². The molecule has 1 aliphatic rings. The lowest BCUT2D eigenvalue weighted by atomic mass is 10.1. The number of nitrogens with zero attached hydrogens (tertiary/aromatic N) is 3. The highest BCUT2D eigenvalue weighted by Gasteiger charge is 2.26. The number of piperazine rings is 1. The summed E-state index contributed by atoms with van der Waals surface area (Å²) < 4.78 is 13.4. The molecule has 0 saturated carbocycles. The summed E-state index contributed by atoms with van der Waals surface area (Å²) in [4.78, 5) is 24.5. The lowest BCUT2D eigenvalue weighted by molar-refractivity contribution is 0.0577. The molecule has 1 atom stereocenters. The number of halogens is 1. The van der Waals surface area contributed by atoms with Gasteiger partial charge in [-0.2, -0.15) is 0 Å². The van der Waals surface area contributed by atoms with Gasteiger partial charge in [-0.05, 0) is 43.3 Å². The van der Waals surface area contributed by atoms with Crippen molar-refractivity contribution in [1.29, 1.82) is 0 Å². The van der Waals surface area contributed by atoms with Crippen LogP contribution in [-0.4, -0.2) is 57.9 Å². The van der Waals surface area contributed by atoms with Gasteiger partial charge in [0.1, 0.15) is 11.5 Å². The van der Waals surface area contributed by atoms with Gasteiger partial charge in [0, 0.05) is 55.7 Å². The number of carbonyl (C=O) groups excluding carboxylic acids is 1. The van der Waals surface area contributed by atoms with Crippen LogP contribution in [0.3, 0.4) is 0 Å². The van der Waals surface area contributed by atoms with Gasteiger partial charge in [-0.25, -0.2) is 4.39 Å². The molecule has 1 amide bonds. The third-order valence-corrected chi connectivity index (χ3v) is 5.45. The number of benzene rings is 1. The van der Waals surface area contributed by atoms with E-state index in [1.54, 1.807) is 18.3 Å². The highest BCUT2D eigenvalue weighted by molar-refractivity contribution is 5.98. The number of nitrogens with two attached hydrogens (primary N) is 1. The number of nitrogen functional groups attached to an aromatic ring is 1. The van der Waals surface area contributed by atoms with Crippen LogP contribution in [0, 0.1) is 5.82 Å². The summed E-state index contributed by atoms with van der Waals surface area (Å²) in [7, 11) is 0. The van der Waals surface area contributed by atoms with Crippen molar-refractivity contribution in [2.75, 3.05) is 31.9 Å². The Balaban J connectivity index is 1.37. The van der Waals surface area contributed by atoms with Crippen LogP contribution in [0.2, 0.25) is 0 Å². The first-order valence-electron chi connectivity index (χ1n) is 9.52. The Labute approximate surface area is 163 Å². The summed E-state index contributed by atoms with van der Waals surface area (Å²) in [5.41, 5.74) is 8.91. The molecular formula is C21H24FN5O. The topological polar surface area (TPSA) is 78.2 Å². The van der Waals surface area contributed by atoms with Crippen LogP contribution in [0.5, 0.6) is 0 Å². The SMILES string of the molecule is CC(Cc1ncccc1N)N1CCN(C(=O)c2cc3cc(F)ccc3[nH]2)CC1. The molecule has 3 N–H and O–H groups in total. The molecule has 2 aromatic heterocycles. The van der Waals surface area contributed by atoms with Gasteiger partial charge in [0.15, 0.2) is 0 Å². The molecule has 1 aliphatic heterocycles. The van der Waals surface area contributed by atoms with Gasteiger partial charge in [0.2, 0.25) is 0 Å². The second kappa shape index (κ2) is 7.59. The van der Waals surface area contributed by atoms with Crippen LogP contribution in [0.1, 0.15) is 23.1 Å². The molecule has 3 aromatic rings. The number of fused-ring (bicyclic) bond motifs is 1. The van der Waals surface area contributed by atoms with Crippen LogP contribution in [0.25, 0.3) is 10.9 Å². The largest absolute Gasteiger partial charge is 0.397 e. The molecule has 1 fully saturated rings. The first-order valence-corrected chi connectivity index (χ1v) is 9.52. The number of carbonyl (C=O) groups is 1. The zero-order chi connectivity index (χ0) is 19.7. The molecule has 1 saturated heterocycles. The van der Waals surface area contributed by atoms with Gasteiger partial charge < -0.3 is 15.6 Å². The van der Waals surface area contributed by atoms with Gasteiger partial charge >= 0.3 is 0 Å². The first kappa shape index (κ1) is 18.4. The number of anilines is 1. The Hall–Kier alpha value is -2.93. The Morgan fingerprint density at radius 1 is 1.25 bits per heavy atom. The zero-order valence-corrected chi connectivity index (χ0v) is 15.9. The van der Waals surface area contributed by atoms with Crippen molar-refractivity contribution in [3.63, 3.8) is 0 Å². The number of pyridine rings is 1. The lowest BCUT2D eigenvalue weighted by Crippen LogP contribution is -2.51. The van der Waals surface area contributed by atoms with Crippen LogP contribution in [0.15, 0.2) is 42.6 Å². The Bertz CT molecular complexity index is 993. The zero-order valence-electron chi connectivity index (χ0n) is 15.9. The third kappa shape index (κ3) is 3.71. The second-order valence-corrected chi connectivity index (χ2v) is 7.34. The fourth-order valence-electron chi connectivity index (χ4n) is 3.78. The molecule has 28 heavy (non-hydrogen) atoms. The summed E-state index contributed by atoms with van der Waals surface area (Å²) in [6.07, 6.45) is 2.55. The second-order valence-electron chi connectivity index (χ2n) is 7.34. The Kier molecular flexibility index (Phi) is 5.00. The molecule has 146 valence electrons. The van der Waals surface area contributed by atoms with Crippen LogP contribution in [-0.2, 0) is 6.42 Å². The summed E-state index contributed by atoms with van der Waals surface area (Å²) in [6, 6.07) is 10.2. The van der Waals surface area contributed by atoms with E-state index in [0.29, 0.717) is 30.2 Å². The van der Waals surface area contributed by atoms with Gasteiger partial charge in [-0.15, -0.1) is 0 Å². The highest BCUT2D eigenvalue weighted by Crippen LogP contribution is 2.19. The quantitative estimate of drug-likeness (QED) is 0.728. The van der Waals surface area contributed by atoms with Crippen molar-refractivity contribution in [1.82, 2.24) is 19.8 Å². The number of nitrogens with one attached hydrogen (secondary N) is 1. The van der Waals surface area contributed by atoms with Crippen molar-refractivity contribution in [2.24, 2.45) is 0 Å². The smallest absolute Gasteiger partial charge is 0.270 e. The molecule has 0 bridgehead atoms. The molecule has 7 heteroatoms. The van der Waals surface area contributed by atoms with Gasteiger partial charge in [-0.3, -0.25) is 14.7 Å². The number of H-pyrrole nitrogens is 1. The number of aromatic amines is 1. The van der Waals surface area contributed by atoms with Gasteiger partial charge in [0.05, 0.1) is 11.4 Å². The highest BCUT2D eigenvalue weighted by atomic mass is 19.1. The van der Waals surface area contributed by atoms with Crippen molar-refractivity contribution >= 4 is 22.5 Å². The number of amides is 1. The first-order chi connectivity index (χ1) is 13.5. The Morgan fingerprint density at radius 2 is 2.04 bits per heavy atom. The van der Waals surface area contributed by atoms with Crippen LogP contribution < -0.4 is 5.73 Å². The van der Waals surface area contributed by atoms with E-state index in [-0.39, 0.29) is 11.7 Å².